The maximum atomic E-state index is 12.5. The number of amides is 1. The van der Waals surface area contributed by atoms with Gasteiger partial charge >= 0.3 is 5.97 Å². The third-order valence-electron chi connectivity index (χ3n) is 5.17. The van der Waals surface area contributed by atoms with Crippen LogP contribution in [-0.4, -0.2) is 47.7 Å². The van der Waals surface area contributed by atoms with Gasteiger partial charge in [0.2, 0.25) is 5.91 Å². The summed E-state index contributed by atoms with van der Waals surface area (Å²) in [6, 6.07) is 9.62. The molecule has 1 amide bonds. The topological polar surface area (TPSA) is 66.8 Å². The molecule has 5 heteroatoms. The normalized spacial score (nSPS) is 30.0. The smallest absolute Gasteiger partial charge is 0.326 e. The van der Waals surface area contributed by atoms with Gasteiger partial charge < -0.3 is 14.7 Å². The summed E-state index contributed by atoms with van der Waals surface area (Å²) in [4.78, 5) is 25.3. The number of rotatable bonds is 5. The van der Waals surface area contributed by atoms with Crippen LogP contribution in [0.25, 0.3) is 0 Å². The van der Waals surface area contributed by atoms with Crippen LogP contribution in [0.1, 0.15) is 37.2 Å². The van der Waals surface area contributed by atoms with E-state index in [0.29, 0.717) is 31.2 Å². The molecule has 1 heterocycles. The number of carbonyl (C=O) groups is 2. The molecule has 23 heavy (non-hydrogen) atoms. The predicted octanol–water partition coefficient (Wildman–Crippen LogP) is 2.27. The zero-order valence-electron chi connectivity index (χ0n) is 13.4. The summed E-state index contributed by atoms with van der Waals surface area (Å²) in [5.74, 6) is -0.0829. The van der Waals surface area contributed by atoms with Crippen LogP contribution in [0.5, 0.6) is 0 Å². The minimum Gasteiger partial charge on any atom is -0.480 e. The number of carboxylic acid groups (broad SMARTS) is 1. The lowest BCUT2D eigenvalue weighted by Crippen LogP contribution is -2.42. The Bertz CT molecular complexity index is 568. The van der Waals surface area contributed by atoms with E-state index in [0.717, 1.165) is 12.8 Å². The van der Waals surface area contributed by atoms with Crippen molar-refractivity contribution in [2.24, 2.45) is 5.92 Å². The number of ether oxygens (including phenoxy) is 1. The average molecular weight is 317 g/mol. The van der Waals surface area contributed by atoms with E-state index in [9.17, 15) is 14.7 Å². The molecule has 1 aromatic carbocycles. The molecule has 1 aromatic rings. The standard InChI is InChI=1S/C18H23NO4/c1-23-15-10-16(18(21)22)19(11-15)17(20)9-12-7-14(8-12)13-5-3-2-4-6-13/h2-6,12,14-16H,7-11H2,1H3,(H,21,22). The molecule has 5 nitrogen and oxygen atoms in total. The second-order valence-corrected chi connectivity index (χ2v) is 6.64. The summed E-state index contributed by atoms with van der Waals surface area (Å²) < 4.78 is 5.23. The summed E-state index contributed by atoms with van der Waals surface area (Å²) >= 11 is 0. The van der Waals surface area contributed by atoms with Crippen LogP contribution in [0.4, 0.5) is 0 Å². The van der Waals surface area contributed by atoms with Crippen molar-refractivity contribution in [2.75, 3.05) is 13.7 Å². The summed E-state index contributed by atoms with van der Waals surface area (Å²) in [5, 5.41) is 9.29. The fourth-order valence-electron chi connectivity index (χ4n) is 3.74. The number of aliphatic carboxylic acids is 1. The molecule has 2 fully saturated rings. The Hall–Kier alpha value is -1.88. The van der Waals surface area contributed by atoms with Gasteiger partial charge in [-0.3, -0.25) is 4.79 Å². The number of hydrogen-bond acceptors (Lipinski definition) is 3. The van der Waals surface area contributed by atoms with E-state index in [1.165, 1.54) is 10.5 Å². The molecule has 2 aliphatic rings. The summed E-state index contributed by atoms with van der Waals surface area (Å²) in [7, 11) is 1.56. The SMILES string of the molecule is COC1CC(C(=O)O)N(C(=O)CC2CC(c3ccccc3)C2)C1. The van der Waals surface area contributed by atoms with E-state index in [-0.39, 0.29) is 12.0 Å². The zero-order valence-corrected chi connectivity index (χ0v) is 13.4. The number of carbonyl (C=O) groups excluding carboxylic acids is 1. The molecule has 0 spiro atoms. The van der Waals surface area contributed by atoms with E-state index in [1.807, 2.05) is 18.2 Å². The Morgan fingerprint density at radius 2 is 1.91 bits per heavy atom. The Balaban J connectivity index is 1.53. The van der Waals surface area contributed by atoms with Gasteiger partial charge in [0, 0.05) is 26.5 Å². The first-order valence-corrected chi connectivity index (χ1v) is 8.18. The minimum absolute atomic E-state index is 0.0477. The number of methoxy groups -OCH3 is 1. The highest BCUT2D eigenvalue weighted by Crippen LogP contribution is 2.43. The molecule has 0 bridgehead atoms. The molecule has 124 valence electrons. The van der Waals surface area contributed by atoms with Crippen molar-refractivity contribution in [3.63, 3.8) is 0 Å². The van der Waals surface area contributed by atoms with Crippen LogP contribution in [-0.2, 0) is 14.3 Å². The van der Waals surface area contributed by atoms with Crippen molar-refractivity contribution in [3.05, 3.63) is 35.9 Å². The van der Waals surface area contributed by atoms with Crippen LogP contribution < -0.4 is 0 Å². The van der Waals surface area contributed by atoms with Crippen molar-refractivity contribution in [2.45, 2.75) is 43.7 Å². The monoisotopic (exact) mass is 317 g/mol. The Labute approximate surface area is 136 Å². The van der Waals surface area contributed by atoms with E-state index >= 15 is 0 Å². The molecule has 1 aliphatic carbocycles. The number of hydrogen-bond donors (Lipinski definition) is 1. The number of benzene rings is 1. The summed E-state index contributed by atoms with van der Waals surface area (Å²) in [5.41, 5.74) is 1.33. The van der Waals surface area contributed by atoms with Gasteiger partial charge in [-0.05, 0) is 30.2 Å². The molecule has 2 unspecified atom stereocenters. The van der Waals surface area contributed by atoms with Crippen LogP contribution >= 0.6 is 0 Å². The van der Waals surface area contributed by atoms with Crippen molar-refractivity contribution < 1.29 is 19.4 Å². The van der Waals surface area contributed by atoms with Gasteiger partial charge in [-0.25, -0.2) is 4.79 Å². The van der Waals surface area contributed by atoms with Gasteiger partial charge in [0.15, 0.2) is 0 Å². The van der Waals surface area contributed by atoms with E-state index < -0.39 is 12.0 Å². The van der Waals surface area contributed by atoms with Crippen LogP contribution in [0, 0.1) is 5.92 Å². The highest BCUT2D eigenvalue weighted by Gasteiger charge is 2.41. The molecule has 2 atom stereocenters. The van der Waals surface area contributed by atoms with Gasteiger partial charge in [0.1, 0.15) is 6.04 Å². The molecular formula is C18H23NO4. The van der Waals surface area contributed by atoms with Crippen LogP contribution in [0.15, 0.2) is 30.3 Å². The largest absolute Gasteiger partial charge is 0.480 e. The third kappa shape index (κ3) is 3.39. The van der Waals surface area contributed by atoms with E-state index in [1.54, 1.807) is 7.11 Å². The van der Waals surface area contributed by atoms with Gasteiger partial charge in [0.25, 0.3) is 0 Å². The molecule has 3 rings (SSSR count). The van der Waals surface area contributed by atoms with Gasteiger partial charge in [-0.15, -0.1) is 0 Å². The molecule has 1 saturated carbocycles. The quantitative estimate of drug-likeness (QED) is 0.904. The van der Waals surface area contributed by atoms with Gasteiger partial charge in [-0.2, -0.15) is 0 Å². The molecule has 1 saturated heterocycles. The van der Waals surface area contributed by atoms with E-state index in [4.69, 9.17) is 4.74 Å². The number of carboxylic acids is 1. The molecule has 1 aliphatic heterocycles. The lowest BCUT2D eigenvalue weighted by atomic mass is 9.70. The lowest BCUT2D eigenvalue weighted by molar-refractivity contribution is -0.148. The number of likely N-dealkylation sites (tertiary alicyclic amines) is 1. The summed E-state index contributed by atoms with van der Waals surface area (Å²) in [6.07, 6.45) is 2.68. The molecular weight excluding hydrogens is 294 g/mol. The average Bonchev–Trinajstić information content (AvgIpc) is 2.96. The fraction of sp³-hybridized carbons (Fsp3) is 0.556. The maximum Gasteiger partial charge on any atom is 0.326 e. The number of nitrogens with zero attached hydrogens (tertiary/aromatic N) is 1. The molecule has 0 aromatic heterocycles. The molecule has 0 radical (unpaired) electrons. The third-order valence-corrected chi connectivity index (χ3v) is 5.17. The maximum absolute atomic E-state index is 12.5. The Morgan fingerprint density at radius 1 is 1.22 bits per heavy atom. The Kier molecular flexibility index (Phi) is 4.66. The first-order chi connectivity index (χ1) is 11.1. The van der Waals surface area contributed by atoms with Crippen molar-refractivity contribution in [1.29, 1.82) is 0 Å². The van der Waals surface area contributed by atoms with Crippen molar-refractivity contribution >= 4 is 11.9 Å². The van der Waals surface area contributed by atoms with Crippen LogP contribution in [0.2, 0.25) is 0 Å². The lowest BCUT2D eigenvalue weighted by Gasteiger charge is -2.36. The molecule has 1 N–H and O–H groups in total. The van der Waals surface area contributed by atoms with E-state index in [2.05, 4.69) is 12.1 Å². The zero-order chi connectivity index (χ0) is 16.4. The fourth-order valence-corrected chi connectivity index (χ4v) is 3.74. The summed E-state index contributed by atoms with van der Waals surface area (Å²) in [6.45, 7) is 0.390. The highest BCUT2D eigenvalue weighted by atomic mass is 16.5. The second kappa shape index (κ2) is 6.71. The first kappa shape index (κ1) is 16.0. The van der Waals surface area contributed by atoms with Gasteiger partial charge in [0.05, 0.1) is 6.10 Å². The van der Waals surface area contributed by atoms with Crippen molar-refractivity contribution in [1.82, 2.24) is 4.90 Å². The highest BCUT2D eigenvalue weighted by molar-refractivity contribution is 5.84. The predicted molar refractivity (Wildman–Crippen MR) is 85.1 cm³/mol. The minimum atomic E-state index is -0.936. The first-order valence-electron chi connectivity index (χ1n) is 8.18. The second-order valence-electron chi connectivity index (χ2n) is 6.64. The van der Waals surface area contributed by atoms with Crippen molar-refractivity contribution in [3.8, 4) is 0 Å². The van der Waals surface area contributed by atoms with Crippen LogP contribution in [0.3, 0.4) is 0 Å². The Morgan fingerprint density at radius 3 is 2.52 bits per heavy atom. The van der Waals surface area contributed by atoms with Gasteiger partial charge in [-0.1, -0.05) is 30.3 Å².